The van der Waals surface area contributed by atoms with Gasteiger partial charge >= 0.3 is 0 Å². The van der Waals surface area contributed by atoms with Gasteiger partial charge in [0.1, 0.15) is 5.82 Å². The summed E-state index contributed by atoms with van der Waals surface area (Å²) in [7, 11) is 0. The zero-order valence-electron chi connectivity index (χ0n) is 14.6. The quantitative estimate of drug-likeness (QED) is 0.848. The Morgan fingerprint density at radius 3 is 2.58 bits per heavy atom. The molecular formula is C19H27FN2O2. The lowest BCUT2D eigenvalue weighted by Crippen LogP contribution is -2.49. The fourth-order valence-electron chi connectivity index (χ4n) is 3.62. The van der Waals surface area contributed by atoms with Crippen LogP contribution in [-0.4, -0.2) is 60.6 Å². The van der Waals surface area contributed by atoms with Crippen LogP contribution in [0.4, 0.5) is 4.39 Å². The zero-order chi connectivity index (χ0) is 17.1. The summed E-state index contributed by atoms with van der Waals surface area (Å²) in [6, 6.07) is 5.47. The van der Waals surface area contributed by atoms with Crippen molar-refractivity contribution in [3.63, 3.8) is 0 Å². The lowest BCUT2D eigenvalue weighted by atomic mass is 10.0. The Balaban J connectivity index is 1.44. The van der Waals surface area contributed by atoms with Crippen molar-refractivity contribution in [2.24, 2.45) is 0 Å². The van der Waals surface area contributed by atoms with Crippen LogP contribution in [-0.2, 0) is 16.0 Å². The Morgan fingerprint density at radius 2 is 1.92 bits per heavy atom. The Labute approximate surface area is 143 Å². The number of piperazine rings is 1. The van der Waals surface area contributed by atoms with Crippen molar-refractivity contribution < 1.29 is 13.9 Å². The topological polar surface area (TPSA) is 32.8 Å². The van der Waals surface area contributed by atoms with E-state index in [9.17, 15) is 9.18 Å². The maximum Gasteiger partial charge on any atom is 0.219 e. The third-order valence-electron chi connectivity index (χ3n) is 5.17. The Morgan fingerprint density at radius 1 is 1.21 bits per heavy atom. The summed E-state index contributed by atoms with van der Waals surface area (Å²) in [4.78, 5) is 15.7. The minimum absolute atomic E-state index is 0.134. The first-order chi connectivity index (χ1) is 11.5. The fraction of sp³-hybridized carbons (Fsp3) is 0.632. The van der Waals surface area contributed by atoms with Crippen molar-refractivity contribution >= 4 is 5.91 Å². The molecule has 0 unspecified atom stereocenters. The van der Waals surface area contributed by atoms with Gasteiger partial charge in [-0.1, -0.05) is 12.1 Å². The fourth-order valence-corrected chi connectivity index (χ4v) is 3.62. The normalized spacial score (nSPS) is 25.2. The van der Waals surface area contributed by atoms with Crippen molar-refractivity contribution in [2.75, 3.05) is 32.7 Å². The van der Waals surface area contributed by atoms with Crippen LogP contribution in [0, 0.1) is 12.7 Å². The summed E-state index contributed by atoms with van der Waals surface area (Å²) in [5.74, 6) is 0.0301. The van der Waals surface area contributed by atoms with E-state index in [0.29, 0.717) is 5.56 Å². The van der Waals surface area contributed by atoms with E-state index in [2.05, 4.69) is 4.90 Å². The van der Waals surface area contributed by atoms with Crippen LogP contribution < -0.4 is 0 Å². The molecule has 2 fully saturated rings. The summed E-state index contributed by atoms with van der Waals surface area (Å²) in [6.45, 7) is 7.83. The number of carbonyl (C=O) groups excluding carboxylic acids is 1. The number of benzene rings is 1. The number of amides is 1. The van der Waals surface area contributed by atoms with E-state index in [4.69, 9.17) is 4.74 Å². The molecule has 0 spiro atoms. The molecule has 2 aliphatic heterocycles. The van der Waals surface area contributed by atoms with E-state index in [-0.39, 0.29) is 23.9 Å². The molecule has 2 atom stereocenters. The van der Waals surface area contributed by atoms with E-state index in [1.165, 1.54) is 0 Å². The number of rotatable bonds is 4. The van der Waals surface area contributed by atoms with Gasteiger partial charge < -0.3 is 9.64 Å². The summed E-state index contributed by atoms with van der Waals surface area (Å²) in [5.41, 5.74) is 1.70. The Kier molecular flexibility index (Phi) is 5.51. The van der Waals surface area contributed by atoms with E-state index in [1.54, 1.807) is 19.9 Å². The lowest BCUT2D eigenvalue weighted by molar-refractivity contribution is -0.130. The van der Waals surface area contributed by atoms with Crippen molar-refractivity contribution in [2.45, 2.75) is 45.3 Å². The first-order valence-corrected chi connectivity index (χ1v) is 8.89. The molecule has 0 aliphatic carbocycles. The highest BCUT2D eigenvalue weighted by Crippen LogP contribution is 2.24. The maximum atomic E-state index is 13.7. The number of halogens is 1. The molecule has 2 saturated heterocycles. The molecule has 2 aliphatic rings. The van der Waals surface area contributed by atoms with Crippen molar-refractivity contribution in [3.05, 3.63) is 35.1 Å². The minimum Gasteiger partial charge on any atom is -0.373 e. The molecule has 2 heterocycles. The standard InChI is InChI=1S/C19H27FN2O2/c1-14-3-4-16(12-19(14)20)11-17-5-6-18(24-17)13-21-7-9-22(10-8-21)15(2)23/h3-4,12,17-18H,5-11,13H2,1-2H3/t17-,18+/m0/s1. The molecule has 5 heteroatoms. The largest absolute Gasteiger partial charge is 0.373 e. The highest BCUT2D eigenvalue weighted by molar-refractivity contribution is 5.73. The van der Waals surface area contributed by atoms with Crippen LogP contribution in [0.5, 0.6) is 0 Å². The number of nitrogens with zero attached hydrogens (tertiary/aromatic N) is 2. The molecule has 0 radical (unpaired) electrons. The van der Waals surface area contributed by atoms with Crippen LogP contribution in [0.15, 0.2) is 18.2 Å². The molecular weight excluding hydrogens is 307 g/mol. The third-order valence-corrected chi connectivity index (χ3v) is 5.17. The predicted molar refractivity (Wildman–Crippen MR) is 91.4 cm³/mol. The second kappa shape index (κ2) is 7.62. The number of hydrogen-bond donors (Lipinski definition) is 0. The van der Waals surface area contributed by atoms with Gasteiger partial charge in [-0.2, -0.15) is 0 Å². The summed E-state index contributed by atoms with van der Waals surface area (Å²) in [6.07, 6.45) is 3.33. The lowest BCUT2D eigenvalue weighted by Gasteiger charge is -2.35. The number of aryl methyl sites for hydroxylation is 1. The van der Waals surface area contributed by atoms with Gasteiger partial charge in [0.25, 0.3) is 0 Å². The first kappa shape index (κ1) is 17.4. The molecule has 1 amide bonds. The second-order valence-corrected chi connectivity index (χ2v) is 7.05. The monoisotopic (exact) mass is 334 g/mol. The molecule has 1 aromatic rings. The summed E-state index contributed by atoms with van der Waals surface area (Å²) >= 11 is 0. The Bertz CT molecular complexity index is 585. The van der Waals surface area contributed by atoms with E-state index >= 15 is 0 Å². The molecule has 0 N–H and O–H groups in total. The summed E-state index contributed by atoms with van der Waals surface area (Å²) < 4.78 is 19.8. The van der Waals surface area contributed by atoms with Gasteiger partial charge in [-0.25, -0.2) is 4.39 Å². The number of hydrogen-bond acceptors (Lipinski definition) is 3. The SMILES string of the molecule is CC(=O)N1CCN(C[C@H]2CC[C@@H](Cc3ccc(C)c(F)c3)O2)CC1. The Hall–Kier alpha value is -1.46. The molecule has 132 valence electrons. The van der Waals surface area contributed by atoms with Gasteiger partial charge in [0, 0.05) is 39.6 Å². The maximum absolute atomic E-state index is 13.7. The molecule has 24 heavy (non-hydrogen) atoms. The van der Waals surface area contributed by atoms with Gasteiger partial charge in [0.05, 0.1) is 12.2 Å². The van der Waals surface area contributed by atoms with Crippen LogP contribution in [0.25, 0.3) is 0 Å². The molecule has 0 aromatic heterocycles. The van der Waals surface area contributed by atoms with Gasteiger partial charge in [0.2, 0.25) is 5.91 Å². The second-order valence-electron chi connectivity index (χ2n) is 7.05. The average Bonchev–Trinajstić information content (AvgIpc) is 2.98. The van der Waals surface area contributed by atoms with Crippen LogP contribution in [0.2, 0.25) is 0 Å². The number of ether oxygens (including phenoxy) is 1. The molecule has 1 aromatic carbocycles. The van der Waals surface area contributed by atoms with Crippen LogP contribution in [0.1, 0.15) is 30.9 Å². The van der Waals surface area contributed by atoms with Crippen molar-refractivity contribution in [3.8, 4) is 0 Å². The highest BCUT2D eigenvalue weighted by atomic mass is 19.1. The minimum atomic E-state index is -0.134. The van der Waals surface area contributed by atoms with Gasteiger partial charge in [-0.05, 0) is 43.4 Å². The van der Waals surface area contributed by atoms with Crippen LogP contribution in [0.3, 0.4) is 0 Å². The average molecular weight is 334 g/mol. The summed E-state index contributed by atoms with van der Waals surface area (Å²) in [5, 5.41) is 0. The highest BCUT2D eigenvalue weighted by Gasteiger charge is 2.28. The van der Waals surface area contributed by atoms with Gasteiger partial charge in [0.15, 0.2) is 0 Å². The van der Waals surface area contributed by atoms with Crippen LogP contribution >= 0.6 is 0 Å². The molecule has 0 bridgehead atoms. The van der Waals surface area contributed by atoms with Gasteiger partial charge in [-0.15, -0.1) is 0 Å². The number of carbonyl (C=O) groups is 1. The molecule has 3 rings (SSSR count). The molecule has 0 saturated carbocycles. The van der Waals surface area contributed by atoms with Crippen molar-refractivity contribution in [1.82, 2.24) is 9.80 Å². The first-order valence-electron chi connectivity index (χ1n) is 8.89. The van der Waals surface area contributed by atoms with E-state index in [0.717, 1.165) is 57.5 Å². The third kappa shape index (κ3) is 4.33. The zero-order valence-corrected chi connectivity index (χ0v) is 14.6. The molecule has 4 nitrogen and oxygen atoms in total. The van der Waals surface area contributed by atoms with E-state index < -0.39 is 0 Å². The predicted octanol–water partition coefficient (Wildman–Crippen LogP) is 2.39. The van der Waals surface area contributed by atoms with E-state index in [1.807, 2.05) is 17.0 Å². The smallest absolute Gasteiger partial charge is 0.219 e. The van der Waals surface area contributed by atoms with Gasteiger partial charge in [-0.3, -0.25) is 9.69 Å². The van der Waals surface area contributed by atoms with Crippen molar-refractivity contribution in [1.29, 1.82) is 0 Å².